The predicted molar refractivity (Wildman–Crippen MR) is 76.4 cm³/mol. The number of nitrogens with zero attached hydrogens (tertiary/aromatic N) is 1. The molecule has 0 aromatic carbocycles. The van der Waals surface area contributed by atoms with Crippen LogP contribution in [0.4, 0.5) is 0 Å². The number of hydrogen-bond donors (Lipinski definition) is 1. The van der Waals surface area contributed by atoms with Crippen LogP contribution in [0.15, 0.2) is 0 Å². The van der Waals surface area contributed by atoms with E-state index in [1.54, 1.807) is 0 Å². The molecule has 0 aromatic rings. The van der Waals surface area contributed by atoms with Crippen LogP contribution in [-0.4, -0.2) is 37.1 Å². The van der Waals surface area contributed by atoms with Gasteiger partial charge in [0.05, 0.1) is 0 Å². The lowest BCUT2D eigenvalue weighted by Gasteiger charge is -2.40. The van der Waals surface area contributed by atoms with Crippen LogP contribution in [0.1, 0.15) is 59.3 Å². The van der Waals surface area contributed by atoms with E-state index in [9.17, 15) is 0 Å². The zero-order valence-corrected chi connectivity index (χ0v) is 12.3. The Morgan fingerprint density at radius 3 is 2.59 bits per heavy atom. The molecular formula is C15H32N2. The van der Waals surface area contributed by atoms with E-state index in [4.69, 9.17) is 0 Å². The van der Waals surface area contributed by atoms with Gasteiger partial charge in [0.1, 0.15) is 0 Å². The lowest BCUT2D eigenvalue weighted by Crippen LogP contribution is -2.46. The summed E-state index contributed by atoms with van der Waals surface area (Å²) in [6.07, 6.45) is 8.31. The second-order valence-corrected chi connectivity index (χ2v) is 6.10. The van der Waals surface area contributed by atoms with Gasteiger partial charge in [-0.25, -0.2) is 0 Å². The van der Waals surface area contributed by atoms with Crippen molar-refractivity contribution in [1.29, 1.82) is 0 Å². The first kappa shape index (κ1) is 15.0. The molecular weight excluding hydrogens is 208 g/mol. The van der Waals surface area contributed by atoms with Gasteiger partial charge in [-0.15, -0.1) is 0 Å². The molecule has 1 aliphatic rings. The minimum Gasteiger partial charge on any atom is -0.320 e. The molecule has 0 bridgehead atoms. The second kappa shape index (κ2) is 8.10. The number of likely N-dealkylation sites (tertiary alicyclic amines) is 1. The average Bonchev–Trinajstić information content (AvgIpc) is 2.33. The summed E-state index contributed by atoms with van der Waals surface area (Å²) in [6.45, 7) is 9.59. The van der Waals surface area contributed by atoms with Gasteiger partial charge in [-0.3, -0.25) is 4.90 Å². The van der Waals surface area contributed by atoms with E-state index in [2.05, 4.69) is 38.0 Å². The molecule has 0 saturated carbocycles. The number of piperidine rings is 1. The topological polar surface area (TPSA) is 15.3 Å². The maximum absolute atomic E-state index is 3.30. The summed E-state index contributed by atoms with van der Waals surface area (Å²) in [4.78, 5) is 2.78. The monoisotopic (exact) mass is 240 g/mol. The molecule has 1 fully saturated rings. The first-order valence-corrected chi connectivity index (χ1v) is 7.55. The Bertz CT molecular complexity index is 191. The Balaban J connectivity index is 2.39. The van der Waals surface area contributed by atoms with Crippen molar-refractivity contribution in [3.8, 4) is 0 Å². The standard InChI is InChI=1S/C15H32N2/c1-13(2)8-9-14(3)17-12-6-5-7-15(17)10-11-16-4/h13-16H,5-12H2,1-4H3. The van der Waals surface area contributed by atoms with Gasteiger partial charge in [0, 0.05) is 12.1 Å². The fourth-order valence-corrected chi connectivity index (χ4v) is 2.96. The zero-order valence-electron chi connectivity index (χ0n) is 12.3. The van der Waals surface area contributed by atoms with Gasteiger partial charge >= 0.3 is 0 Å². The molecule has 2 nitrogen and oxygen atoms in total. The maximum atomic E-state index is 3.30. The van der Waals surface area contributed by atoms with E-state index in [-0.39, 0.29) is 0 Å². The molecule has 1 rings (SSSR count). The number of rotatable bonds is 7. The molecule has 0 amide bonds. The summed E-state index contributed by atoms with van der Waals surface area (Å²) in [5, 5.41) is 3.30. The highest BCUT2D eigenvalue weighted by atomic mass is 15.2. The van der Waals surface area contributed by atoms with Crippen molar-refractivity contribution >= 4 is 0 Å². The van der Waals surface area contributed by atoms with E-state index >= 15 is 0 Å². The number of hydrogen-bond acceptors (Lipinski definition) is 2. The van der Waals surface area contributed by atoms with Crippen molar-refractivity contribution in [2.45, 2.75) is 71.4 Å². The first-order valence-electron chi connectivity index (χ1n) is 7.55. The first-order chi connectivity index (χ1) is 8.15. The largest absolute Gasteiger partial charge is 0.320 e. The van der Waals surface area contributed by atoms with Crippen LogP contribution in [0.5, 0.6) is 0 Å². The van der Waals surface area contributed by atoms with Crippen molar-refractivity contribution in [3.05, 3.63) is 0 Å². The third-order valence-corrected chi connectivity index (χ3v) is 4.13. The van der Waals surface area contributed by atoms with Crippen LogP contribution in [0, 0.1) is 5.92 Å². The van der Waals surface area contributed by atoms with Gasteiger partial charge in [-0.1, -0.05) is 20.3 Å². The van der Waals surface area contributed by atoms with E-state index in [0.717, 1.165) is 24.5 Å². The van der Waals surface area contributed by atoms with E-state index in [0.29, 0.717) is 0 Å². The minimum atomic E-state index is 0.777. The van der Waals surface area contributed by atoms with E-state index in [1.807, 2.05) is 0 Å². The van der Waals surface area contributed by atoms with Crippen LogP contribution < -0.4 is 5.32 Å². The molecule has 0 radical (unpaired) electrons. The smallest absolute Gasteiger partial charge is 0.0110 e. The second-order valence-electron chi connectivity index (χ2n) is 6.10. The van der Waals surface area contributed by atoms with Crippen LogP contribution in [0.25, 0.3) is 0 Å². The van der Waals surface area contributed by atoms with Crippen molar-refractivity contribution in [2.75, 3.05) is 20.1 Å². The molecule has 102 valence electrons. The van der Waals surface area contributed by atoms with Crippen LogP contribution in [0.3, 0.4) is 0 Å². The van der Waals surface area contributed by atoms with Gasteiger partial charge in [-0.2, -0.15) is 0 Å². The Kier molecular flexibility index (Phi) is 7.14. The fraction of sp³-hybridized carbons (Fsp3) is 1.00. The van der Waals surface area contributed by atoms with E-state index < -0.39 is 0 Å². The number of nitrogens with one attached hydrogen (secondary N) is 1. The highest BCUT2D eigenvalue weighted by molar-refractivity contribution is 4.81. The molecule has 1 saturated heterocycles. The van der Waals surface area contributed by atoms with Gasteiger partial charge in [-0.05, 0) is 65.1 Å². The molecule has 0 spiro atoms. The fourth-order valence-electron chi connectivity index (χ4n) is 2.96. The van der Waals surface area contributed by atoms with E-state index in [1.165, 1.54) is 45.1 Å². The quantitative estimate of drug-likeness (QED) is 0.735. The maximum Gasteiger partial charge on any atom is 0.0110 e. The highest BCUT2D eigenvalue weighted by Gasteiger charge is 2.25. The van der Waals surface area contributed by atoms with Crippen LogP contribution in [-0.2, 0) is 0 Å². The zero-order chi connectivity index (χ0) is 12.7. The third-order valence-electron chi connectivity index (χ3n) is 4.13. The molecule has 1 N–H and O–H groups in total. The van der Waals surface area contributed by atoms with Gasteiger partial charge < -0.3 is 5.32 Å². The minimum absolute atomic E-state index is 0.777. The normalized spacial score (nSPS) is 24.2. The Labute approximate surface area is 108 Å². The summed E-state index contributed by atoms with van der Waals surface area (Å²) in [5.41, 5.74) is 0. The predicted octanol–water partition coefficient (Wildman–Crippen LogP) is 3.28. The molecule has 2 atom stereocenters. The molecule has 2 unspecified atom stereocenters. The molecule has 0 aliphatic carbocycles. The Morgan fingerprint density at radius 2 is 1.94 bits per heavy atom. The molecule has 1 heterocycles. The van der Waals surface area contributed by atoms with Crippen LogP contribution >= 0.6 is 0 Å². The molecule has 1 aliphatic heterocycles. The highest BCUT2D eigenvalue weighted by Crippen LogP contribution is 2.24. The summed E-state index contributed by atoms with van der Waals surface area (Å²) in [7, 11) is 2.06. The van der Waals surface area contributed by atoms with Gasteiger partial charge in [0.2, 0.25) is 0 Å². The van der Waals surface area contributed by atoms with Gasteiger partial charge in [0.25, 0.3) is 0 Å². The molecule has 17 heavy (non-hydrogen) atoms. The van der Waals surface area contributed by atoms with Crippen molar-refractivity contribution in [2.24, 2.45) is 5.92 Å². The lowest BCUT2D eigenvalue weighted by molar-refractivity contribution is 0.0898. The molecule has 2 heteroatoms. The lowest BCUT2D eigenvalue weighted by atomic mass is 9.95. The third kappa shape index (κ3) is 5.39. The Morgan fingerprint density at radius 1 is 1.18 bits per heavy atom. The van der Waals surface area contributed by atoms with Crippen molar-refractivity contribution < 1.29 is 0 Å². The SMILES string of the molecule is CNCCC1CCCCN1C(C)CCC(C)C. The Hall–Kier alpha value is -0.0800. The summed E-state index contributed by atoms with van der Waals surface area (Å²) in [6, 6.07) is 1.61. The summed E-state index contributed by atoms with van der Waals surface area (Å²) in [5.74, 6) is 0.845. The summed E-state index contributed by atoms with van der Waals surface area (Å²) >= 11 is 0. The average molecular weight is 240 g/mol. The summed E-state index contributed by atoms with van der Waals surface area (Å²) < 4.78 is 0. The molecule has 0 aromatic heterocycles. The van der Waals surface area contributed by atoms with Crippen molar-refractivity contribution in [1.82, 2.24) is 10.2 Å². The van der Waals surface area contributed by atoms with Crippen LogP contribution in [0.2, 0.25) is 0 Å². The van der Waals surface area contributed by atoms with Crippen molar-refractivity contribution in [3.63, 3.8) is 0 Å². The van der Waals surface area contributed by atoms with Gasteiger partial charge in [0.15, 0.2) is 0 Å².